The number of benzene rings is 1. The molecule has 0 aliphatic carbocycles. The van der Waals surface area contributed by atoms with Crippen molar-refractivity contribution in [3.05, 3.63) is 23.3 Å². The van der Waals surface area contributed by atoms with Gasteiger partial charge in [0.05, 0.1) is 20.3 Å². The Morgan fingerprint density at radius 1 is 1.11 bits per heavy atom. The maximum Gasteiger partial charge on any atom is 0.128 e. The molecule has 1 rings (SSSR count). The lowest BCUT2D eigenvalue weighted by molar-refractivity contribution is 0.173. The maximum atomic E-state index is 10.1. The van der Waals surface area contributed by atoms with E-state index in [1.165, 1.54) is 0 Å². The number of likely N-dealkylation sites (N-methyl/N-ethyl adjacent to an activating group) is 1. The van der Waals surface area contributed by atoms with Crippen LogP contribution in [0.2, 0.25) is 0 Å². The standard InChI is InChI=1S/C14H23NO3/c1-9(2)10-6-11(12(16)8-15-3)14(18-5)7-13(10)17-4/h6-7,9,12,15-16H,8H2,1-5H3. The second kappa shape index (κ2) is 6.61. The van der Waals surface area contributed by atoms with Crippen LogP contribution in [0.4, 0.5) is 0 Å². The molecule has 4 heteroatoms. The van der Waals surface area contributed by atoms with Crippen LogP contribution in [0.5, 0.6) is 11.5 Å². The zero-order valence-electron chi connectivity index (χ0n) is 11.8. The van der Waals surface area contributed by atoms with Crippen molar-refractivity contribution in [1.82, 2.24) is 5.32 Å². The summed E-state index contributed by atoms with van der Waals surface area (Å²) in [7, 11) is 5.05. The third-order valence-electron chi connectivity index (χ3n) is 2.96. The van der Waals surface area contributed by atoms with Gasteiger partial charge in [-0.2, -0.15) is 0 Å². The lowest BCUT2D eigenvalue weighted by Gasteiger charge is -2.19. The van der Waals surface area contributed by atoms with Crippen molar-refractivity contribution in [3.8, 4) is 11.5 Å². The number of aliphatic hydroxyl groups excluding tert-OH is 1. The molecule has 0 heterocycles. The molecule has 2 N–H and O–H groups in total. The van der Waals surface area contributed by atoms with Crippen LogP contribution in [0.1, 0.15) is 37.0 Å². The first-order valence-electron chi connectivity index (χ1n) is 6.13. The Morgan fingerprint density at radius 2 is 1.67 bits per heavy atom. The lowest BCUT2D eigenvalue weighted by atomic mass is 9.96. The van der Waals surface area contributed by atoms with Crippen molar-refractivity contribution in [1.29, 1.82) is 0 Å². The fourth-order valence-electron chi connectivity index (χ4n) is 1.96. The zero-order chi connectivity index (χ0) is 13.7. The van der Waals surface area contributed by atoms with Gasteiger partial charge >= 0.3 is 0 Å². The van der Waals surface area contributed by atoms with Crippen LogP contribution in [0.15, 0.2) is 12.1 Å². The van der Waals surface area contributed by atoms with E-state index in [0.717, 1.165) is 16.9 Å². The van der Waals surface area contributed by atoms with Crippen LogP contribution in [-0.4, -0.2) is 32.9 Å². The third kappa shape index (κ3) is 3.15. The van der Waals surface area contributed by atoms with Gasteiger partial charge in [0.1, 0.15) is 11.5 Å². The van der Waals surface area contributed by atoms with Crippen molar-refractivity contribution >= 4 is 0 Å². The minimum atomic E-state index is -0.589. The zero-order valence-corrected chi connectivity index (χ0v) is 11.8. The van der Waals surface area contributed by atoms with Crippen LogP contribution in [-0.2, 0) is 0 Å². The lowest BCUT2D eigenvalue weighted by Crippen LogP contribution is -2.17. The molecule has 0 amide bonds. The first kappa shape index (κ1) is 14.8. The van der Waals surface area contributed by atoms with Crippen LogP contribution >= 0.6 is 0 Å². The molecular formula is C14H23NO3. The molecule has 0 radical (unpaired) electrons. The number of nitrogens with one attached hydrogen (secondary N) is 1. The summed E-state index contributed by atoms with van der Waals surface area (Å²) in [5, 5.41) is 13.1. The molecule has 0 fully saturated rings. The molecule has 0 saturated carbocycles. The molecule has 0 aliphatic heterocycles. The SMILES string of the molecule is CNCC(O)c1cc(C(C)C)c(OC)cc1OC. The predicted octanol–water partition coefficient (Wildman–Crippen LogP) is 2.08. The average Bonchev–Trinajstić information content (AvgIpc) is 2.37. The van der Waals surface area contributed by atoms with Gasteiger partial charge < -0.3 is 19.9 Å². The van der Waals surface area contributed by atoms with Crippen LogP contribution in [0.3, 0.4) is 0 Å². The van der Waals surface area contributed by atoms with Gasteiger partial charge in [0.15, 0.2) is 0 Å². The monoisotopic (exact) mass is 253 g/mol. The van der Waals surface area contributed by atoms with Crippen molar-refractivity contribution in [3.63, 3.8) is 0 Å². The van der Waals surface area contributed by atoms with E-state index in [9.17, 15) is 5.11 Å². The van der Waals surface area contributed by atoms with Gasteiger partial charge in [0.2, 0.25) is 0 Å². The molecule has 102 valence electrons. The smallest absolute Gasteiger partial charge is 0.128 e. The summed E-state index contributed by atoms with van der Waals surface area (Å²) in [4.78, 5) is 0. The molecule has 18 heavy (non-hydrogen) atoms. The second-order valence-electron chi connectivity index (χ2n) is 4.56. The highest BCUT2D eigenvalue weighted by Crippen LogP contribution is 2.36. The Balaban J connectivity index is 3.27. The molecule has 0 spiro atoms. The highest BCUT2D eigenvalue weighted by molar-refractivity contribution is 5.48. The Morgan fingerprint density at radius 3 is 2.11 bits per heavy atom. The van der Waals surface area contributed by atoms with E-state index < -0.39 is 6.10 Å². The summed E-state index contributed by atoms with van der Waals surface area (Å²) in [6.07, 6.45) is -0.589. The molecule has 0 saturated heterocycles. The van der Waals surface area contributed by atoms with Crippen molar-refractivity contribution in [2.24, 2.45) is 0 Å². The van der Waals surface area contributed by atoms with Gasteiger partial charge in [0, 0.05) is 18.2 Å². The molecular weight excluding hydrogens is 230 g/mol. The van der Waals surface area contributed by atoms with Gasteiger partial charge in [-0.25, -0.2) is 0 Å². The highest BCUT2D eigenvalue weighted by Gasteiger charge is 2.18. The number of aliphatic hydroxyl groups is 1. The number of ether oxygens (including phenoxy) is 2. The summed E-state index contributed by atoms with van der Waals surface area (Å²) < 4.78 is 10.7. The Labute approximate surface area is 109 Å². The van der Waals surface area contributed by atoms with E-state index in [4.69, 9.17) is 9.47 Å². The summed E-state index contributed by atoms with van der Waals surface area (Å²) in [6, 6.07) is 3.80. The molecule has 1 aromatic rings. The first-order chi connectivity index (χ1) is 8.54. The van der Waals surface area contributed by atoms with Crippen LogP contribution < -0.4 is 14.8 Å². The average molecular weight is 253 g/mol. The van der Waals surface area contributed by atoms with E-state index in [0.29, 0.717) is 18.2 Å². The van der Waals surface area contributed by atoms with Crippen molar-refractivity contribution < 1.29 is 14.6 Å². The fourth-order valence-corrected chi connectivity index (χ4v) is 1.96. The molecule has 1 unspecified atom stereocenters. The Hall–Kier alpha value is -1.26. The number of rotatable bonds is 6. The summed E-state index contributed by atoms with van der Waals surface area (Å²) in [6.45, 7) is 4.68. The number of hydrogen-bond acceptors (Lipinski definition) is 4. The Kier molecular flexibility index (Phi) is 5.44. The second-order valence-corrected chi connectivity index (χ2v) is 4.56. The molecule has 1 aromatic carbocycles. The van der Waals surface area contributed by atoms with E-state index in [1.54, 1.807) is 14.2 Å². The molecule has 0 aliphatic rings. The van der Waals surface area contributed by atoms with Gasteiger partial charge in [-0.15, -0.1) is 0 Å². The van der Waals surface area contributed by atoms with Gasteiger partial charge in [-0.3, -0.25) is 0 Å². The van der Waals surface area contributed by atoms with Gasteiger partial charge in [-0.1, -0.05) is 13.8 Å². The molecule has 4 nitrogen and oxygen atoms in total. The van der Waals surface area contributed by atoms with Crippen molar-refractivity contribution in [2.45, 2.75) is 25.9 Å². The maximum absolute atomic E-state index is 10.1. The van der Waals surface area contributed by atoms with E-state index in [-0.39, 0.29) is 0 Å². The normalized spacial score (nSPS) is 12.6. The number of methoxy groups -OCH3 is 2. The van der Waals surface area contributed by atoms with Crippen LogP contribution in [0, 0.1) is 0 Å². The summed E-state index contributed by atoms with van der Waals surface area (Å²) in [5.41, 5.74) is 1.86. The summed E-state index contributed by atoms with van der Waals surface area (Å²) in [5.74, 6) is 1.77. The largest absolute Gasteiger partial charge is 0.496 e. The summed E-state index contributed by atoms with van der Waals surface area (Å²) >= 11 is 0. The first-order valence-corrected chi connectivity index (χ1v) is 6.13. The highest BCUT2D eigenvalue weighted by atomic mass is 16.5. The fraction of sp³-hybridized carbons (Fsp3) is 0.571. The molecule has 1 atom stereocenters. The number of hydrogen-bond donors (Lipinski definition) is 2. The minimum Gasteiger partial charge on any atom is -0.496 e. The van der Waals surface area contributed by atoms with Crippen molar-refractivity contribution in [2.75, 3.05) is 27.8 Å². The van der Waals surface area contributed by atoms with E-state index >= 15 is 0 Å². The topological polar surface area (TPSA) is 50.7 Å². The quantitative estimate of drug-likeness (QED) is 0.815. The Bertz CT molecular complexity index is 391. The van der Waals surface area contributed by atoms with Crippen LogP contribution in [0.25, 0.3) is 0 Å². The van der Waals surface area contributed by atoms with Gasteiger partial charge in [-0.05, 0) is 24.6 Å². The molecule has 0 aromatic heterocycles. The third-order valence-corrected chi connectivity index (χ3v) is 2.96. The minimum absolute atomic E-state index is 0.325. The van der Waals surface area contributed by atoms with Gasteiger partial charge in [0.25, 0.3) is 0 Å². The van der Waals surface area contributed by atoms with E-state index in [1.807, 2.05) is 19.2 Å². The van der Waals surface area contributed by atoms with E-state index in [2.05, 4.69) is 19.2 Å². The molecule has 0 bridgehead atoms. The predicted molar refractivity (Wildman–Crippen MR) is 72.5 cm³/mol.